The van der Waals surface area contributed by atoms with Gasteiger partial charge in [0.25, 0.3) is 11.1 Å². The van der Waals surface area contributed by atoms with E-state index in [1.165, 1.54) is 63.2 Å². The number of ether oxygens (including phenoxy) is 2. The summed E-state index contributed by atoms with van der Waals surface area (Å²) in [7, 11) is 5.43. The summed E-state index contributed by atoms with van der Waals surface area (Å²) >= 11 is 5.78. The van der Waals surface area contributed by atoms with E-state index in [1.54, 1.807) is 6.07 Å². The van der Waals surface area contributed by atoms with E-state index in [-0.39, 0.29) is 36.6 Å². The lowest BCUT2D eigenvalue weighted by Crippen LogP contribution is -2.32. The van der Waals surface area contributed by atoms with Crippen LogP contribution in [0, 0.1) is 0 Å². The van der Waals surface area contributed by atoms with E-state index in [4.69, 9.17) is 11.6 Å². The Morgan fingerprint density at radius 2 is 1.33 bits per heavy atom. The molecule has 0 bridgehead atoms. The molecular weight excluding hydrogens is 492 g/mol. The number of carbonyl (C=O) groups is 2. The average Bonchev–Trinajstić information content (AvgIpc) is 2.85. The minimum atomic E-state index is -0.528. The maximum atomic E-state index is 11.9. The van der Waals surface area contributed by atoms with Crippen molar-refractivity contribution in [1.29, 1.82) is 0 Å². The molecule has 36 heavy (non-hydrogen) atoms. The van der Waals surface area contributed by atoms with Gasteiger partial charge in [0, 0.05) is 14.1 Å². The Bertz CT molecular complexity index is 1620. The molecule has 0 radical (unpaired) electrons. The monoisotopic (exact) mass is 518 g/mol. The molecule has 4 rings (SSSR count). The zero-order valence-corrected chi connectivity index (χ0v) is 19.3. The summed E-state index contributed by atoms with van der Waals surface area (Å²) in [6.07, 6.45) is 0. The molecule has 0 saturated heterocycles. The largest absolute Gasteiger partial charge is 0.465 e. The van der Waals surface area contributed by atoms with Crippen molar-refractivity contribution in [2.75, 3.05) is 14.2 Å². The summed E-state index contributed by atoms with van der Waals surface area (Å²) in [6.45, 7) is 0. The minimum Gasteiger partial charge on any atom is -0.465 e. The van der Waals surface area contributed by atoms with Crippen LogP contribution in [0.1, 0.15) is 35.6 Å². The lowest BCUT2D eigenvalue weighted by atomic mass is 10.1. The second kappa shape index (κ2) is 11.9. The van der Waals surface area contributed by atoms with Gasteiger partial charge >= 0.3 is 17.6 Å². The number of H-pyrrole nitrogens is 1. The van der Waals surface area contributed by atoms with Crippen LogP contribution in [0.15, 0.2) is 50.8 Å². The van der Waals surface area contributed by atoms with Gasteiger partial charge in [0.2, 0.25) is 5.28 Å². The fourth-order valence-corrected chi connectivity index (χ4v) is 3.20. The van der Waals surface area contributed by atoms with Gasteiger partial charge in [-0.25, -0.2) is 19.4 Å². The molecule has 0 unspecified atom stereocenters. The zero-order chi connectivity index (χ0) is 25.2. The first-order chi connectivity index (χ1) is 16.1. The molecule has 0 spiro atoms. The molecule has 2 heterocycles. The Kier molecular flexibility index (Phi) is 9.87. The van der Waals surface area contributed by atoms with Gasteiger partial charge in [-0.3, -0.25) is 18.7 Å². The predicted molar refractivity (Wildman–Crippen MR) is 138 cm³/mol. The second-order valence-electron chi connectivity index (χ2n) is 7.01. The maximum absolute atomic E-state index is 11.9. The molecule has 0 atom stereocenters. The SMILES string of the molecule is C.C.COC(=O)c1ccc2[nH]c(=O)n(C)c(=O)c2c1.COC(=O)c1ccc2nc(Cl)n(C)c(=O)c2c1. The van der Waals surface area contributed by atoms with Crippen LogP contribution in [0.5, 0.6) is 0 Å². The molecule has 192 valence electrons. The minimum absolute atomic E-state index is 0. The highest BCUT2D eigenvalue weighted by Crippen LogP contribution is 2.14. The molecule has 0 aliphatic carbocycles. The first-order valence-corrected chi connectivity index (χ1v) is 10.0. The summed E-state index contributed by atoms with van der Waals surface area (Å²) in [5, 5.41) is 0.711. The van der Waals surface area contributed by atoms with Gasteiger partial charge in [-0.1, -0.05) is 14.9 Å². The van der Waals surface area contributed by atoms with Crippen molar-refractivity contribution in [2.24, 2.45) is 14.1 Å². The van der Waals surface area contributed by atoms with E-state index < -0.39 is 23.2 Å². The van der Waals surface area contributed by atoms with Crippen LogP contribution in [0.2, 0.25) is 5.28 Å². The van der Waals surface area contributed by atoms with Gasteiger partial charge in [0.05, 0.1) is 47.2 Å². The molecule has 1 N–H and O–H groups in total. The standard InChI is InChI=1S/C11H9ClN2O3.C11H10N2O4.2CH4/c1-14-9(15)7-5-6(10(16)17-2)3-4-8(7)13-11(14)12;1-13-9(14)7-5-6(10(15)17-2)3-4-8(7)12-11(13)16;;/h3-5H,1-2H3;3-5H,1-2H3,(H,12,16);2*1H4. The number of aromatic amines is 1. The summed E-state index contributed by atoms with van der Waals surface area (Å²) in [5.74, 6) is -1.02. The number of nitrogens with zero attached hydrogens (tertiary/aromatic N) is 3. The first-order valence-electron chi connectivity index (χ1n) is 9.65. The van der Waals surface area contributed by atoms with E-state index in [0.717, 1.165) is 4.57 Å². The highest BCUT2D eigenvalue weighted by molar-refractivity contribution is 6.28. The van der Waals surface area contributed by atoms with E-state index in [1.807, 2.05) is 0 Å². The van der Waals surface area contributed by atoms with Gasteiger partial charge in [0.15, 0.2) is 0 Å². The number of benzene rings is 2. The molecule has 0 aliphatic heterocycles. The van der Waals surface area contributed by atoms with Gasteiger partial charge in [-0.2, -0.15) is 0 Å². The van der Waals surface area contributed by atoms with Gasteiger partial charge in [-0.05, 0) is 48.0 Å². The topological polar surface area (TPSA) is 142 Å². The van der Waals surface area contributed by atoms with Crippen molar-refractivity contribution in [1.82, 2.24) is 19.1 Å². The Balaban J connectivity index is 0.000000341. The number of esters is 2. The molecule has 12 heteroatoms. The Labute approximate surface area is 210 Å². The van der Waals surface area contributed by atoms with Gasteiger partial charge in [-0.15, -0.1) is 0 Å². The van der Waals surface area contributed by atoms with Crippen molar-refractivity contribution in [2.45, 2.75) is 14.9 Å². The maximum Gasteiger partial charge on any atom is 0.337 e. The number of carbonyl (C=O) groups excluding carboxylic acids is 2. The Morgan fingerprint density at radius 1 is 0.833 bits per heavy atom. The second-order valence-corrected chi connectivity index (χ2v) is 7.35. The van der Waals surface area contributed by atoms with Crippen LogP contribution in [-0.4, -0.2) is 45.3 Å². The highest BCUT2D eigenvalue weighted by Gasteiger charge is 2.11. The Morgan fingerprint density at radius 3 is 1.89 bits per heavy atom. The number of fused-ring (bicyclic) bond motifs is 2. The number of methoxy groups -OCH3 is 2. The Hall–Kier alpha value is -4.25. The van der Waals surface area contributed by atoms with Crippen molar-refractivity contribution in [3.63, 3.8) is 0 Å². The number of halogens is 1. The molecule has 11 nitrogen and oxygen atoms in total. The van der Waals surface area contributed by atoms with E-state index >= 15 is 0 Å². The van der Waals surface area contributed by atoms with Crippen molar-refractivity contribution in [3.8, 4) is 0 Å². The van der Waals surface area contributed by atoms with Crippen LogP contribution in [0.25, 0.3) is 21.8 Å². The number of hydrogen-bond donors (Lipinski definition) is 1. The zero-order valence-electron chi connectivity index (χ0n) is 18.5. The summed E-state index contributed by atoms with van der Waals surface area (Å²) in [6, 6.07) is 8.95. The number of rotatable bonds is 2. The highest BCUT2D eigenvalue weighted by atomic mass is 35.5. The molecule has 0 saturated carbocycles. The normalized spacial score (nSPS) is 9.92. The molecule has 0 amide bonds. The average molecular weight is 519 g/mol. The number of nitrogens with one attached hydrogen (secondary N) is 1. The molecule has 2 aromatic carbocycles. The van der Waals surface area contributed by atoms with Gasteiger partial charge < -0.3 is 14.5 Å². The predicted octanol–water partition coefficient (Wildman–Crippen LogP) is 2.66. The third kappa shape index (κ3) is 5.69. The lowest BCUT2D eigenvalue weighted by molar-refractivity contribution is 0.0592. The van der Waals surface area contributed by atoms with Crippen LogP contribution in [-0.2, 0) is 23.6 Å². The lowest BCUT2D eigenvalue weighted by Gasteiger charge is -2.04. The molecule has 2 aromatic heterocycles. The smallest absolute Gasteiger partial charge is 0.337 e. The fourth-order valence-electron chi connectivity index (χ4n) is 3.04. The number of hydrogen-bond acceptors (Lipinski definition) is 8. The molecular formula is C24H27ClN4O7. The van der Waals surface area contributed by atoms with Crippen LogP contribution in [0.4, 0.5) is 0 Å². The molecule has 0 fully saturated rings. The van der Waals surface area contributed by atoms with Crippen molar-refractivity contribution < 1.29 is 19.1 Å². The third-order valence-electron chi connectivity index (χ3n) is 4.96. The number of aromatic nitrogens is 4. The van der Waals surface area contributed by atoms with Crippen molar-refractivity contribution in [3.05, 3.63) is 84.0 Å². The summed E-state index contributed by atoms with van der Waals surface area (Å²) < 4.78 is 11.3. The van der Waals surface area contributed by atoms with Crippen LogP contribution in [0.3, 0.4) is 0 Å². The molecule has 0 aliphatic rings. The third-order valence-corrected chi connectivity index (χ3v) is 5.30. The van der Waals surface area contributed by atoms with Crippen LogP contribution >= 0.6 is 11.6 Å². The molecule has 4 aromatic rings. The van der Waals surface area contributed by atoms with Crippen molar-refractivity contribution >= 4 is 45.3 Å². The van der Waals surface area contributed by atoms with Gasteiger partial charge in [0.1, 0.15) is 0 Å². The van der Waals surface area contributed by atoms with Crippen LogP contribution < -0.4 is 16.8 Å². The van der Waals surface area contributed by atoms with E-state index in [2.05, 4.69) is 19.4 Å². The summed E-state index contributed by atoms with van der Waals surface area (Å²) in [5.41, 5.74) is 0.176. The van der Waals surface area contributed by atoms with E-state index in [9.17, 15) is 24.0 Å². The first kappa shape index (κ1) is 29.8. The quantitative estimate of drug-likeness (QED) is 0.315. The van der Waals surface area contributed by atoms with E-state index in [0.29, 0.717) is 22.0 Å². The summed E-state index contributed by atoms with van der Waals surface area (Å²) in [4.78, 5) is 64.3. The fraction of sp³-hybridized carbons (Fsp3) is 0.250.